The number of aromatic nitrogens is 1. The first-order valence-corrected chi connectivity index (χ1v) is 6.69. The number of aliphatic hydroxyl groups is 1. The molecule has 1 unspecified atom stereocenters. The third-order valence-corrected chi connectivity index (χ3v) is 3.79. The molecule has 1 fully saturated rings. The summed E-state index contributed by atoms with van der Waals surface area (Å²) in [6.45, 7) is 0.565. The lowest BCUT2D eigenvalue weighted by Crippen LogP contribution is -2.52. The van der Waals surface area contributed by atoms with Gasteiger partial charge in [-0.1, -0.05) is 0 Å². The Bertz CT molecular complexity index is 684. The summed E-state index contributed by atoms with van der Waals surface area (Å²) in [5.74, 6) is -0.766. The van der Waals surface area contributed by atoms with Crippen molar-refractivity contribution in [3.05, 3.63) is 42.0 Å². The second kappa shape index (κ2) is 5.38. The van der Waals surface area contributed by atoms with Crippen LogP contribution >= 0.6 is 0 Å². The number of carbonyl (C=O) groups is 1. The van der Waals surface area contributed by atoms with Gasteiger partial charge in [0, 0.05) is 35.3 Å². The SMILES string of the molecule is O=C(NC1(CO)CCOC1)c1ccc(F)c2ccncc12. The predicted octanol–water partition coefficient (Wildman–Crippen LogP) is 1.26. The van der Waals surface area contributed by atoms with Crippen molar-refractivity contribution in [3.63, 3.8) is 0 Å². The van der Waals surface area contributed by atoms with Gasteiger partial charge < -0.3 is 15.2 Å². The highest BCUT2D eigenvalue weighted by Crippen LogP contribution is 2.23. The van der Waals surface area contributed by atoms with Crippen molar-refractivity contribution in [1.82, 2.24) is 10.3 Å². The average Bonchev–Trinajstić information content (AvgIpc) is 2.97. The Labute approximate surface area is 120 Å². The van der Waals surface area contributed by atoms with E-state index in [0.29, 0.717) is 29.4 Å². The van der Waals surface area contributed by atoms with Crippen molar-refractivity contribution >= 4 is 16.7 Å². The molecule has 0 saturated carbocycles. The van der Waals surface area contributed by atoms with E-state index in [1.165, 1.54) is 30.6 Å². The van der Waals surface area contributed by atoms with Crippen LogP contribution in [0.4, 0.5) is 4.39 Å². The molecule has 21 heavy (non-hydrogen) atoms. The van der Waals surface area contributed by atoms with E-state index in [9.17, 15) is 14.3 Å². The molecule has 2 aromatic rings. The molecule has 0 bridgehead atoms. The molecule has 110 valence electrons. The summed E-state index contributed by atoms with van der Waals surface area (Å²) in [4.78, 5) is 16.4. The van der Waals surface area contributed by atoms with Crippen LogP contribution in [0, 0.1) is 5.82 Å². The monoisotopic (exact) mass is 290 g/mol. The Hall–Kier alpha value is -2.05. The number of ether oxygens (including phenoxy) is 1. The molecule has 2 heterocycles. The Kier molecular flexibility index (Phi) is 3.57. The van der Waals surface area contributed by atoms with Crippen LogP contribution in [0.5, 0.6) is 0 Å². The minimum Gasteiger partial charge on any atom is -0.394 e. The minimum atomic E-state index is -0.764. The van der Waals surface area contributed by atoms with Crippen molar-refractivity contribution in [2.45, 2.75) is 12.0 Å². The second-order valence-electron chi connectivity index (χ2n) is 5.21. The topological polar surface area (TPSA) is 71.5 Å². The third-order valence-electron chi connectivity index (χ3n) is 3.79. The minimum absolute atomic E-state index is 0.198. The van der Waals surface area contributed by atoms with Crippen molar-refractivity contribution < 1.29 is 19.0 Å². The first-order chi connectivity index (χ1) is 10.2. The van der Waals surface area contributed by atoms with E-state index in [1.54, 1.807) is 0 Å². The van der Waals surface area contributed by atoms with Crippen LogP contribution in [0.3, 0.4) is 0 Å². The van der Waals surface area contributed by atoms with Crippen LogP contribution in [0.15, 0.2) is 30.6 Å². The van der Waals surface area contributed by atoms with Crippen LogP contribution in [0.25, 0.3) is 10.8 Å². The van der Waals surface area contributed by atoms with Gasteiger partial charge in [0.25, 0.3) is 5.91 Å². The highest BCUT2D eigenvalue weighted by molar-refractivity contribution is 6.07. The van der Waals surface area contributed by atoms with E-state index in [1.807, 2.05) is 0 Å². The molecule has 1 saturated heterocycles. The zero-order chi connectivity index (χ0) is 14.9. The fraction of sp³-hybridized carbons (Fsp3) is 0.333. The predicted molar refractivity (Wildman–Crippen MR) is 74.4 cm³/mol. The fourth-order valence-electron chi connectivity index (χ4n) is 2.53. The quantitative estimate of drug-likeness (QED) is 0.892. The molecule has 6 heteroatoms. The zero-order valence-electron chi connectivity index (χ0n) is 11.3. The molecule has 1 aliphatic heterocycles. The molecule has 3 rings (SSSR count). The highest BCUT2D eigenvalue weighted by Gasteiger charge is 2.36. The van der Waals surface area contributed by atoms with Gasteiger partial charge in [0.05, 0.1) is 18.8 Å². The summed E-state index contributed by atoms with van der Waals surface area (Å²) in [6, 6.07) is 4.21. The number of aliphatic hydroxyl groups excluding tert-OH is 1. The Morgan fingerprint density at radius 1 is 1.43 bits per heavy atom. The largest absolute Gasteiger partial charge is 0.394 e. The fourth-order valence-corrected chi connectivity index (χ4v) is 2.53. The maximum atomic E-state index is 13.8. The molecule has 5 nitrogen and oxygen atoms in total. The zero-order valence-corrected chi connectivity index (χ0v) is 11.3. The van der Waals surface area contributed by atoms with Crippen molar-refractivity contribution in [1.29, 1.82) is 0 Å². The molecule has 1 amide bonds. The Morgan fingerprint density at radius 2 is 2.29 bits per heavy atom. The average molecular weight is 290 g/mol. The van der Waals surface area contributed by atoms with Gasteiger partial charge in [-0.05, 0) is 24.6 Å². The number of fused-ring (bicyclic) bond motifs is 1. The Balaban J connectivity index is 1.97. The number of hydrogen-bond acceptors (Lipinski definition) is 4. The summed E-state index contributed by atoms with van der Waals surface area (Å²) in [7, 11) is 0. The van der Waals surface area contributed by atoms with E-state index >= 15 is 0 Å². The van der Waals surface area contributed by atoms with Gasteiger partial charge in [-0.2, -0.15) is 0 Å². The maximum absolute atomic E-state index is 13.8. The number of hydrogen-bond donors (Lipinski definition) is 2. The number of amides is 1. The van der Waals surface area contributed by atoms with E-state index in [-0.39, 0.29) is 19.1 Å². The smallest absolute Gasteiger partial charge is 0.252 e. The lowest BCUT2D eigenvalue weighted by atomic mass is 9.98. The molecule has 0 radical (unpaired) electrons. The van der Waals surface area contributed by atoms with Crippen LogP contribution in [-0.2, 0) is 4.74 Å². The van der Waals surface area contributed by atoms with Crippen molar-refractivity contribution in [3.8, 4) is 0 Å². The lowest BCUT2D eigenvalue weighted by molar-refractivity contribution is 0.0791. The maximum Gasteiger partial charge on any atom is 0.252 e. The van der Waals surface area contributed by atoms with Gasteiger partial charge in [0.1, 0.15) is 5.82 Å². The summed E-state index contributed by atoms with van der Waals surface area (Å²) in [6.07, 6.45) is 3.49. The van der Waals surface area contributed by atoms with Crippen LogP contribution in [-0.4, -0.2) is 41.4 Å². The van der Waals surface area contributed by atoms with Crippen LogP contribution in [0.1, 0.15) is 16.8 Å². The van der Waals surface area contributed by atoms with E-state index < -0.39 is 11.4 Å². The van der Waals surface area contributed by atoms with Gasteiger partial charge in [-0.3, -0.25) is 9.78 Å². The molecule has 1 aromatic carbocycles. The normalized spacial score (nSPS) is 21.6. The number of halogens is 1. The first kappa shape index (κ1) is 13.9. The Morgan fingerprint density at radius 3 is 3.00 bits per heavy atom. The standard InChI is InChI=1S/C15H15FN2O3/c16-13-2-1-11(12-7-17-5-3-10(12)13)14(20)18-15(8-19)4-6-21-9-15/h1-3,5,7,19H,4,6,8-9H2,(H,18,20). The number of rotatable bonds is 3. The highest BCUT2D eigenvalue weighted by atomic mass is 19.1. The molecule has 2 N–H and O–H groups in total. The van der Waals surface area contributed by atoms with Gasteiger partial charge in [-0.25, -0.2) is 4.39 Å². The van der Waals surface area contributed by atoms with Crippen molar-refractivity contribution in [2.75, 3.05) is 19.8 Å². The number of nitrogens with one attached hydrogen (secondary N) is 1. The summed E-state index contributed by atoms with van der Waals surface area (Å²) < 4.78 is 19.0. The summed E-state index contributed by atoms with van der Waals surface area (Å²) in [5, 5.41) is 13.1. The molecule has 1 atom stereocenters. The molecular weight excluding hydrogens is 275 g/mol. The molecule has 0 aliphatic carbocycles. The second-order valence-corrected chi connectivity index (χ2v) is 5.21. The summed E-state index contributed by atoms with van der Waals surface area (Å²) in [5.41, 5.74) is -0.431. The molecule has 0 spiro atoms. The first-order valence-electron chi connectivity index (χ1n) is 6.69. The number of nitrogens with zero attached hydrogens (tertiary/aromatic N) is 1. The lowest BCUT2D eigenvalue weighted by Gasteiger charge is -2.26. The number of carbonyl (C=O) groups excluding carboxylic acids is 1. The van der Waals surface area contributed by atoms with Gasteiger partial charge in [-0.15, -0.1) is 0 Å². The van der Waals surface area contributed by atoms with Gasteiger partial charge in [0.2, 0.25) is 0 Å². The molecule has 1 aromatic heterocycles. The molecular formula is C15H15FN2O3. The van der Waals surface area contributed by atoms with E-state index in [0.717, 1.165) is 0 Å². The summed E-state index contributed by atoms with van der Waals surface area (Å²) >= 11 is 0. The van der Waals surface area contributed by atoms with Crippen LogP contribution < -0.4 is 5.32 Å². The number of benzene rings is 1. The van der Waals surface area contributed by atoms with Gasteiger partial charge in [0.15, 0.2) is 0 Å². The van der Waals surface area contributed by atoms with E-state index in [2.05, 4.69) is 10.3 Å². The van der Waals surface area contributed by atoms with Crippen molar-refractivity contribution in [2.24, 2.45) is 0 Å². The molecule has 1 aliphatic rings. The van der Waals surface area contributed by atoms with Crippen LogP contribution in [0.2, 0.25) is 0 Å². The van der Waals surface area contributed by atoms with Gasteiger partial charge >= 0.3 is 0 Å². The number of pyridine rings is 1. The van der Waals surface area contributed by atoms with E-state index in [4.69, 9.17) is 4.74 Å². The third kappa shape index (κ3) is 2.48.